The van der Waals surface area contributed by atoms with Crippen molar-refractivity contribution in [1.29, 1.82) is 0 Å². The van der Waals surface area contributed by atoms with Crippen molar-refractivity contribution in [3.8, 4) is 11.6 Å². The molecule has 200 valence electrons. The number of nitrogens with zero attached hydrogens (tertiary/aromatic N) is 5. The van der Waals surface area contributed by atoms with Crippen molar-refractivity contribution < 1.29 is 9.47 Å². The maximum absolute atomic E-state index is 6.61. The fourth-order valence-electron chi connectivity index (χ4n) is 4.18. The van der Waals surface area contributed by atoms with Gasteiger partial charge in [0.05, 0.1) is 5.02 Å². The van der Waals surface area contributed by atoms with Crippen molar-refractivity contribution in [3.63, 3.8) is 0 Å². The zero-order valence-electron chi connectivity index (χ0n) is 22.1. The summed E-state index contributed by atoms with van der Waals surface area (Å²) in [6.07, 6.45) is 5.23. The van der Waals surface area contributed by atoms with E-state index in [0.717, 1.165) is 62.4 Å². The fraction of sp³-hybridized carbons (Fsp3) is 0.414. The van der Waals surface area contributed by atoms with Gasteiger partial charge >= 0.3 is 0 Å². The van der Waals surface area contributed by atoms with Crippen LogP contribution in [0.2, 0.25) is 5.02 Å². The summed E-state index contributed by atoms with van der Waals surface area (Å²) in [6.45, 7) is 8.58. The predicted molar refractivity (Wildman–Crippen MR) is 152 cm³/mol. The van der Waals surface area contributed by atoms with Crippen LogP contribution in [0, 0.1) is 0 Å². The Morgan fingerprint density at radius 1 is 1.08 bits per heavy atom. The van der Waals surface area contributed by atoms with Crippen LogP contribution in [-0.4, -0.2) is 78.0 Å². The first-order valence-corrected chi connectivity index (χ1v) is 13.5. The molecular formula is C29H35ClN6O2. The van der Waals surface area contributed by atoms with E-state index in [9.17, 15) is 0 Å². The molecule has 2 aliphatic rings. The number of aliphatic imine (C=N–C) groups is 1. The first-order valence-electron chi connectivity index (χ1n) is 13.2. The molecule has 1 N–H and O–H groups in total. The number of halogens is 1. The van der Waals surface area contributed by atoms with Crippen molar-refractivity contribution in [3.05, 3.63) is 71.0 Å². The molecule has 1 saturated carbocycles. The molecule has 9 heteroatoms. The summed E-state index contributed by atoms with van der Waals surface area (Å²) in [7, 11) is 2.16. The van der Waals surface area contributed by atoms with E-state index in [0.29, 0.717) is 35.6 Å². The van der Waals surface area contributed by atoms with Gasteiger partial charge in [-0.05, 0) is 50.6 Å². The Kier molecular flexibility index (Phi) is 8.42. The lowest BCUT2D eigenvalue weighted by Crippen LogP contribution is -2.45. The summed E-state index contributed by atoms with van der Waals surface area (Å²) in [5.74, 6) is 1.83. The Bertz CT molecular complexity index is 1240. The molecule has 1 saturated heterocycles. The number of rotatable bonds is 11. The Hall–Kier alpha value is -3.20. The molecule has 5 rings (SSSR count). The summed E-state index contributed by atoms with van der Waals surface area (Å²) in [4.78, 5) is 18.4. The number of ether oxygens (including phenoxy) is 2. The minimum absolute atomic E-state index is 0.198. The van der Waals surface area contributed by atoms with Gasteiger partial charge in [-0.3, -0.25) is 4.90 Å². The van der Waals surface area contributed by atoms with Crippen molar-refractivity contribution in [2.75, 3.05) is 51.7 Å². The molecule has 0 atom stereocenters. The monoisotopic (exact) mass is 534 g/mol. The van der Waals surface area contributed by atoms with Crippen molar-refractivity contribution in [1.82, 2.24) is 19.8 Å². The van der Waals surface area contributed by atoms with Gasteiger partial charge in [0.15, 0.2) is 11.5 Å². The van der Waals surface area contributed by atoms with E-state index >= 15 is 0 Å². The second kappa shape index (κ2) is 12.1. The molecule has 2 heterocycles. The molecule has 0 spiro atoms. The smallest absolute Gasteiger partial charge is 0.245 e. The predicted octanol–water partition coefficient (Wildman–Crippen LogP) is 5.05. The molecule has 1 aromatic heterocycles. The van der Waals surface area contributed by atoms with Gasteiger partial charge in [-0.2, -0.15) is 4.98 Å². The van der Waals surface area contributed by atoms with E-state index in [1.807, 2.05) is 36.4 Å². The largest absolute Gasteiger partial charge is 0.492 e. The molecule has 0 unspecified atom stereocenters. The van der Waals surface area contributed by atoms with Gasteiger partial charge in [-0.25, -0.2) is 9.98 Å². The Morgan fingerprint density at radius 2 is 1.87 bits per heavy atom. The average Bonchev–Trinajstić information content (AvgIpc) is 3.65. The molecule has 1 aliphatic carbocycles. The lowest BCUT2D eigenvalue weighted by molar-refractivity contribution is 0.134. The third kappa shape index (κ3) is 7.22. The van der Waals surface area contributed by atoms with Gasteiger partial charge in [-0.1, -0.05) is 41.9 Å². The van der Waals surface area contributed by atoms with Crippen molar-refractivity contribution in [2.24, 2.45) is 4.99 Å². The molecule has 2 fully saturated rings. The quantitative estimate of drug-likeness (QED) is 0.345. The van der Waals surface area contributed by atoms with Gasteiger partial charge in [0.2, 0.25) is 5.88 Å². The first-order chi connectivity index (χ1) is 18.5. The maximum atomic E-state index is 6.61. The SMILES string of the molecule is CN1CCN(CCOc2ccc(C=Nc3c(NCc4ccccc4)ncnc3OC3(C)CC3)c(Cl)c2)CC1. The fourth-order valence-corrected chi connectivity index (χ4v) is 4.40. The van der Waals surface area contributed by atoms with Crippen molar-refractivity contribution >= 4 is 29.3 Å². The van der Waals surface area contributed by atoms with E-state index in [-0.39, 0.29) is 5.60 Å². The summed E-state index contributed by atoms with van der Waals surface area (Å²) >= 11 is 6.61. The van der Waals surface area contributed by atoms with Gasteiger partial charge in [-0.15, -0.1) is 0 Å². The lowest BCUT2D eigenvalue weighted by Gasteiger charge is -2.32. The summed E-state index contributed by atoms with van der Waals surface area (Å²) in [5, 5.41) is 3.95. The molecule has 8 nitrogen and oxygen atoms in total. The molecule has 38 heavy (non-hydrogen) atoms. The van der Waals surface area contributed by atoms with E-state index < -0.39 is 0 Å². The normalized spacial score (nSPS) is 17.4. The Balaban J connectivity index is 1.27. The summed E-state index contributed by atoms with van der Waals surface area (Å²) in [5.41, 5.74) is 2.28. The van der Waals surface area contributed by atoms with Crippen LogP contribution >= 0.6 is 11.6 Å². The third-order valence-corrected chi connectivity index (χ3v) is 7.29. The van der Waals surface area contributed by atoms with Crippen LogP contribution in [0.25, 0.3) is 0 Å². The Morgan fingerprint density at radius 3 is 2.61 bits per heavy atom. The zero-order valence-corrected chi connectivity index (χ0v) is 22.8. The highest BCUT2D eigenvalue weighted by atomic mass is 35.5. The van der Waals surface area contributed by atoms with E-state index in [4.69, 9.17) is 26.1 Å². The molecule has 0 radical (unpaired) electrons. The standard InChI is InChI=1S/C29H35ClN6O2/c1-29(10-11-29)38-28-26(27(33-21-34-28)32-19-22-6-4-3-5-7-22)31-20-23-8-9-24(18-25(23)30)37-17-16-36-14-12-35(2)13-15-36/h3-9,18,20-21H,10-17,19H2,1-2H3,(H,32,33,34). The van der Waals surface area contributed by atoms with E-state index in [1.54, 1.807) is 6.21 Å². The molecule has 3 aromatic rings. The van der Waals surface area contributed by atoms with Gasteiger partial charge in [0.1, 0.15) is 24.3 Å². The van der Waals surface area contributed by atoms with Gasteiger partial charge in [0, 0.05) is 51.0 Å². The third-order valence-electron chi connectivity index (χ3n) is 6.97. The number of likely N-dealkylation sites (N-methyl/N-ethyl adjacent to an activating group) is 1. The van der Waals surface area contributed by atoms with Crippen molar-refractivity contribution in [2.45, 2.75) is 31.9 Å². The van der Waals surface area contributed by atoms with Gasteiger partial charge < -0.3 is 19.7 Å². The highest BCUT2D eigenvalue weighted by molar-refractivity contribution is 6.33. The minimum Gasteiger partial charge on any atom is -0.492 e. The van der Waals surface area contributed by atoms with Crippen LogP contribution in [0.5, 0.6) is 11.6 Å². The maximum Gasteiger partial charge on any atom is 0.245 e. The average molecular weight is 535 g/mol. The highest BCUT2D eigenvalue weighted by Crippen LogP contribution is 2.43. The van der Waals surface area contributed by atoms with Crippen LogP contribution in [-0.2, 0) is 6.54 Å². The number of nitrogens with one attached hydrogen (secondary N) is 1. The van der Waals surface area contributed by atoms with Crippen LogP contribution in [0.1, 0.15) is 30.9 Å². The second-order valence-corrected chi connectivity index (χ2v) is 10.6. The number of anilines is 1. The molecule has 0 amide bonds. The van der Waals surface area contributed by atoms with E-state index in [2.05, 4.69) is 51.2 Å². The van der Waals surface area contributed by atoms with Gasteiger partial charge in [0.25, 0.3) is 0 Å². The molecular weight excluding hydrogens is 500 g/mol. The summed E-state index contributed by atoms with van der Waals surface area (Å²) < 4.78 is 12.2. The highest BCUT2D eigenvalue weighted by Gasteiger charge is 2.41. The number of hydrogen-bond acceptors (Lipinski definition) is 8. The molecule has 2 aromatic carbocycles. The number of piperazine rings is 1. The lowest BCUT2D eigenvalue weighted by atomic mass is 10.2. The minimum atomic E-state index is -0.198. The number of hydrogen-bond donors (Lipinski definition) is 1. The zero-order chi connectivity index (χ0) is 26.4. The molecule has 0 bridgehead atoms. The van der Waals surface area contributed by atoms with Crippen LogP contribution in [0.3, 0.4) is 0 Å². The summed E-state index contributed by atoms with van der Waals surface area (Å²) in [6, 6.07) is 15.8. The number of aromatic nitrogens is 2. The first kappa shape index (κ1) is 26.4. The van der Waals surface area contributed by atoms with Crippen LogP contribution in [0.4, 0.5) is 11.5 Å². The second-order valence-electron chi connectivity index (χ2n) is 10.2. The van der Waals surface area contributed by atoms with Crippen LogP contribution in [0.15, 0.2) is 59.9 Å². The molecule has 1 aliphatic heterocycles. The number of benzene rings is 2. The Labute approximate surface area is 229 Å². The van der Waals surface area contributed by atoms with Crippen LogP contribution < -0.4 is 14.8 Å². The van der Waals surface area contributed by atoms with E-state index in [1.165, 1.54) is 6.33 Å². The topological polar surface area (TPSA) is 75.1 Å².